The zero-order chi connectivity index (χ0) is 13.6. The van der Waals surface area contributed by atoms with E-state index in [1.807, 2.05) is 25.1 Å². The number of rotatable bonds is 7. The fourth-order valence-electron chi connectivity index (χ4n) is 1.89. The predicted octanol–water partition coefficient (Wildman–Crippen LogP) is 3.38. The molecule has 1 unspecified atom stereocenters. The second kappa shape index (κ2) is 7.27. The Balaban J connectivity index is 2.42. The van der Waals surface area contributed by atoms with Gasteiger partial charge < -0.3 is 10.4 Å². The highest BCUT2D eigenvalue weighted by molar-refractivity contribution is 9.10. The summed E-state index contributed by atoms with van der Waals surface area (Å²) < 4.78 is 1.07. The van der Waals surface area contributed by atoms with Crippen molar-refractivity contribution in [2.75, 3.05) is 13.1 Å². The van der Waals surface area contributed by atoms with Crippen LogP contribution in [0, 0.1) is 5.92 Å². The molecule has 102 valence electrons. The average molecular weight is 314 g/mol. The minimum atomic E-state index is -0.659. The third kappa shape index (κ3) is 5.98. The average Bonchev–Trinajstić information content (AvgIpc) is 2.27. The molecule has 3 heteroatoms. The third-order valence-corrected chi connectivity index (χ3v) is 3.70. The molecule has 0 saturated carbocycles. The zero-order valence-electron chi connectivity index (χ0n) is 11.5. The summed E-state index contributed by atoms with van der Waals surface area (Å²) in [6, 6.07) is 8.07. The SMILES string of the molecule is CC(C)CNCCC(C)(O)Cc1ccccc1Br. The van der Waals surface area contributed by atoms with Crippen molar-refractivity contribution in [3.63, 3.8) is 0 Å². The number of nitrogens with one attached hydrogen (secondary N) is 1. The Morgan fingerprint density at radius 2 is 2.00 bits per heavy atom. The van der Waals surface area contributed by atoms with E-state index in [1.54, 1.807) is 0 Å². The van der Waals surface area contributed by atoms with Crippen LogP contribution in [0.4, 0.5) is 0 Å². The maximum atomic E-state index is 10.4. The molecular weight excluding hydrogens is 290 g/mol. The lowest BCUT2D eigenvalue weighted by molar-refractivity contribution is 0.0512. The Morgan fingerprint density at radius 1 is 1.33 bits per heavy atom. The van der Waals surface area contributed by atoms with E-state index in [2.05, 4.69) is 41.2 Å². The molecular formula is C15H24BrNO. The molecule has 2 nitrogen and oxygen atoms in total. The summed E-state index contributed by atoms with van der Waals surface area (Å²) in [5.41, 5.74) is 0.500. The van der Waals surface area contributed by atoms with Crippen molar-refractivity contribution in [3.05, 3.63) is 34.3 Å². The van der Waals surface area contributed by atoms with Crippen LogP contribution in [-0.4, -0.2) is 23.8 Å². The highest BCUT2D eigenvalue weighted by Crippen LogP contribution is 2.23. The smallest absolute Gasteiger partial charge is 0.0672 e. The van der Waals surface area contributed by atoms with Crippen LogP contribution < -0.4 is 5.32 Å². The zero-order valence-corrected chi connectivity index (χ0v) is 13.1. The molecule has 0 spiro atoms. The van der Waals surface area contributed by atoms with Gasteiger partial charge in [-0.2, -0.15) is 0 Å². The molecule has 0 saturated heterocycles. The number of hydrogen-bond donors (Lipinski definition) is 2. The second-order valence-electron chi connectivity index (χ2n) is 5.61. The molecule has 0 aliphatic carbocycles. The van der Waals surface area contributed by atoms with Crippen molar-refractivity contribution in [2.45, 2.75) is 39.2 Å². The highest BCUT2D eigenvalue weighted by Gasteiger charge is 2.21. The van der Waals surface area contributed by atoms with E-state index >= 15 is 0 Å². The van der Waals surface area contributed by atoms with Gasteiger partial charge in [-0.3, -0.25) is 0 Å². The summed E-state index contributed by atoms with van der Waals surface area (Å²) in [5, 5.41) is 13.8. The van der Waals surface area contributed by atoms with Crippen LogP contribution in [0.5, 0.6) is 0 Å². The predicted molar refractivity (Wildman–Crippen MR) is 80.8 cm³/mol. The molecule has 1 aromatic carbocycles. The first-order chi connectivity index (χ1) is 8.41. The molecule has 1 atom stereocenters. The minimum Gasteiger partial charge on any atom is -0.390 e. The van der Waals surface area contributed by atoms with Gasteiger partial charge in [0.1, 0.15) is 0 Å². The summed E-state index contributed by atoms with van der Waals surface area (Å²) in [4.78, 5) is 0. The lowest BCUT2D eigenvalue weighted by atomic mass is 9.93. The van der Waals surface area contributed by atoms with Crippen LogP contribution in [0.2, 0.25) is 0 Å². The first kappa shape index (κ1) is 15.7. The van der Waals surface area contributed by atoms with E-state index in [9.17, 15) is 5.11 Å². The molecule has 0 fully saturated rings. The van der Waals surface area contributed by atoms with Crippen LogP contribution in [0.25, 0.3) is 0 Å². The molecule has 1 rings (SSSR count). The fraction of sp³-hybridized carbons (Fsp3) is 0.600. The number of benzene rings is 1. The van der Waals surface area contributed by atoms with Crippen LogP contribution in [0.1, 0.15) is 32.8 Å². The van der Waals surface area contributed by atoms with E-state index in [-0.39, 0.29) is 0 Å². The van der Waals surface area contributed by atoms with E-state index in [4.69, 9.17) is 0 Å². The van der Waals surface area contributed by atoms with Gasteiger partial charge in [-0.1, -0.05) is 48.0 Å². The molecule has 0 radical (unpaired) electrons. The maximum absolute atomic E-state index is 10.4. The minimum absolute atomic E-state index is 0.651. The Morgan fingerprint density at radius 3 is 2.61 bits per heavy atom. The van der Waals surface area contributed by atoms with Gasteiger partial charge in [-0.25, -0.2) is 0 Å². The molecule has 0 amide bonds. The molecule has 18 heavy (non-hydrogen) atoms. The van der Waals surface area contributed by atoms with Gasteiger partial charge in [-0.05, 0) is 44.0 Å². The Bertz CT molecular complexity index is 363. The number of halogens is 1. The lowest BCUT2D eigenvalue weighted by Gasteiger charge is -2.24. The summed E-state index contributed by atoms with van der Waals surface area (Å²) in [5.74, 6) is 0.651. The van der Waals surface area contributed by atoms with Gasteiger partial charge in [0.05, 0.1) is 5.60 Å². The van der Waals surface area contributed by atoms with Gasteiger partial charge in [0, 0.05) is 10.9 Å². The molecule has 0 aliphatic rings. The second-order valence-corrected chi connectivity index (χ2v) is 6.47. The van der Waals surface area contributed by atoms with Gasteiger partial charge in [-0.15, -0.1) is 0 Å². The van der Waals surface area contributed by atoms with Crippen molar-refractivity contribution in [1.82, 2.24) is 5.32 Å². The van der Waals surface area contributed by atoms with Crippen molar-refractivity contribution in [2.24, 2.45) is 5.92 Å². The molecule has 0 heterocycles. The monoisotopic (exact) mass is 313 g/mol. The maximum Gasteiger partial charge on any atom is 0.0672 e. The summed E-state index contributed by atoms with van der Waals surface area (Å²) in [7, 11) is 0. The first-order valence-corrected chi connectivity index (χ1v) is 7.36. The van der Waals surface area contributed by atoms with Crippen molar-refractivity contribution < 1.29 is 5.11 Å². The molecule has 1 aromatic rings. The molecule has 2 N–H and O–H groups in total. The Kier molecular flexibility index (Phi) is 6.33. The Hall–Kier alpha value is -0.380. The number of aliphatic hydroxyl groups is 1. The van der Waals surface area contributed by atoms with Crippen LogP contribution in [0.3, 0.4) is 0 Å². The van der Waals surface area contributed by atoms with Crippen molar-refractivity contribution in [3.8, 4) is 0 Å². The van der Waals surface area contributed by atoms with E-state index in [1.165, 1.54) is 0 Å². The normalized spacial score (nSPS) is 14.8. The van der Waals surface area contributed by atoms with Crippen LogP contribution in [-0.2, 0) is 6.42 Å². The standard InChI is InChI=1S/C15H24BrNO/c1-12(2)11-17-9-8-15(3,18)10-13-6-4-5-7-14(13)16/h4-7,12,17-18H,8-11H2,1-3H3. The molecule has 0 bridgehead atoms. The third-order valence-electron chi connectivity index (χ3n) is 2.92. The summed E-state index contributed by atoms with van der Waals surface area (Å²) in [6.07, 6.45) is 1.44. The quantitative estimate of drug-likeness (QED) is 0.756. The summed E-state index contributed by atoms with van der Waals surface area (Å²) >= 11 is 3.52. The van der Waals surface area contributed by atoms with Crippen molar-refractivity contribution in [1.29, 1.82) is 0 Å². The Labute approximate surface area is 119 Å². The van der Waals surface area contributed by atoms with Crippen molar-refractivity contribution >= 4 is 15.9 Å². The lowest BCUT2D eigenvalue weighted by Crippen LogP contribution is -2.33. The van der Waals surface area contributed by atoms with E-state index < -0.39 is 5.60 Å². The van der Waals surface area contributed by atoms with Gasteiger partial charge in [0.2, 0.25) is 0 Å². The number of hydrogen-bond acceptors (Lipinski definition) is 2. The summed E-state index contributed by atoms with van der Waals surface area (Å²) in [6.45, 7) is 8.14. The van der Waals surface area contributed by atoms with Gasteiger partial charge >= 0.3 is 0 Å². The topological polar surface area (TPSA) is 32.3 Å². The van der Waals surface area contributed by atoms with E-state index in [0.29, 0.717) is 12.3 Å². The van der Waals surface area contributed by atoms with Crippen LogP contribution in [0.15, 0.2) is 28.7 Å². The van der Waals surface area contributed by atoms with Gasteiger partial charge in [0.15, 0.2) is 0 Å². The first-order valence-electron chi connectivity index (χ1n) is 6.57. The fourth-order valence-corrected chi connectivity index (χ4v) is 2.31. The van der Waals surface area contributed by atoms with Crippen LogP contribution >= 0.6 is 15.9 Å². The highest BCUT2D eigenvalue weighted by atomic mass is 79.9. The molecule has 0 aliphatic heterocycles. The largest absolute Gasteiger partial charge is 0.390 e. The van der Waals surface area contributed by atoms with E-state index in [0.717, 1.165) is 29.5 Å². The van der Waals surface area contributed by atoms with Gasteiger partial charge in [0.25, 0.3) is 0 Å². The molecule has 0 aromatic heterocycles.